The molecule has 0 radical (unpaired) electrons. The van der Waals surface area contributed by atoms with Crippen LogP contribution in [0.4, 0.5) is 5.69 Å². The summed E-state index contributed by atoms with van der Waals surface area (Å²) in [6.07, 6.45) is 0. The van der Waals surface area contributed by atoms with Crippen molar-refractivity contribution < 1.29 is 9.53 Å². The predicted octanol–water partition coefficient (Wildman–Crippen LogP) is 4.71. The third kappa shape index (κ3) is 3.99. The molecule has 0 amide bonds. The Labute approximate surface area is 123 Å². The lowest BCUT2D eigenvalue weighted by molar-refractivity contribution is 0.00696. The highest BCUT2D eigenvalue weighted by atomic mass is 16.6. The number of carbonyl (C=O) groups is 1. The Hall–Kier alpha value is -2.49. The van der Waals surface area contributed by atoms with E-state index in [1.807, 2.05) is 32.9 Å². The van der Waals surface area contributed by atoms with E-state index in [4.69, 9.17) is 4.74 Å². The smallest absolute Gasteiger partial charge is 0.338 e. The van der Waals surface area contributed by atoms with Crippen molar-refractivity contribution in [2.45, 2.75) is 26.4 Å². The second-order valence-corrected chi connectivity index (χ2v) is 5.72. The third-order valence-electron chi connectivity index (χ3n) is 2.78. The Kier molecular flexibility index (Phi) is 4.17. The van der Waals surface area contributed by atoms with Crippen molar-refractivity contribution in [1.82, 2.24) is 0 Å². The number of carbonyl (C=O) groups excluding carboxylic acids is 1. The number of hydrogen-bond donors (Lipinski definition) is 0. The zero-order valence-electron chi connectivity index (χ0n) is 12.3. The fourth-order valence-electron chi connectivity index (χ4n) is 1.91. The highest BCUT2D eigenvalue weighted by Crippen LogP contribution is 2.25. The molecule has 2 rings (SSSR count). The summed E-state index contributed by atoms with van der Waals surface area (Å²) in [6.45, 7) is 5.48. The van der Waals surface area contributed by atoms with Crippen molar-refractivity contribution in [1.29, 1.82) is 0 Å². The van der Waals surface area contributed by atoms with Crippen molar-refractivity contribution in [3.05, 3.63) is 59.0 Å². The van der Waals surface area contributed by atoms with Crippen LogP contribution in [0.1, 0.15) is 31.1 Å². The van der Waals surface area contributed by atoms with E-state index in [1.54, 1.807) is 36.4 Å². The molecule has 0 aliphatic rings. The summed E-state index contributed by atoms with van der Waals surface area (Å²) in [5.74, 6) is -0.367. The molecule has 4 nitrogen and oxygen atoms in total. The topological polar surface area (TPSA) is 55.7 Å². The van der Waals surface area contributed by atoms with Gasteiger partial charge in [0.1, 0.15) is 11.3 Å². The highest BCUT2D eigenvalue weighted by Gasteiger charge is 2.18. The number of ether oxygens (including phenoxy) is 1. The van der Waals surface area contributed by atoms with Crippen molar-refractivity contribution in [2.24, 2.45) is 5.18 Å². The van der Waals surface area contributed by atoms with Crippen LogP contribution in [0.2, 0.25) is 0 Å². The summed E-state index contributed by atoms with van der Waals surface area (Å²) >= 11 is 0. The molecule has 0 unspecified atom stereocenters. The lowest BCUT2D eigenvalue weighted by Crippen LogP contribution is -2.23. The fourth-order valence-corrected chi connectivity index (χ4v) is 1.91. The van der Waals surface area contributed by atoms with Crippen LogP contribution in [-0.4, -0.2) is 11.6 Å². The van der Waals surface area contributed by atoms with Crippen LogP contribution in [0.5, 0.6) is 0 Å². The Balaban J connectivity index is 2.33. The summed E-state index contributed by atoms with van der Waals surface area (Å²) < 4.78 is 5.35. The van der Waals surface area contributed by atoms with E-state index >= 15 is 0 Å². The van der Waals surface area contributed by atoms with Gasteiger partial charge in [0.15, 0.2) is 0 Å². The zero-order valence-corrected chi connectivity index (χ0v) is 12.3. The average molecular weight is 283 g/mol. The molecule has 0 fully saturated rings. The number of benzene rings is 2. The molecule has 0 aliphatic carbocycles. The maximum Gasteiger partial charge on any atom is 0.338 e. The summed E-state index contributed by atoms with van der Waals surface area (Å²) in [5, 5.41) is 2.92. The molecule has 0 aromatic heterocycles. The number of nitrogens with zero attached hydrogens (tertiary/aromatic N) is 1. The largest absolute Gasteiger partial charge is 0.456 e. The first-order chi connectivity index (χ1) is 9.89. The normalized spacial score (nSPS) is 11.0. The van der Waals surface area contributed by atoms with Gasteiger partial charge in [-0.2, -0.15) is 0 Å². The van der Waals surface area contributed by atoms with Crippen molar-refractivity contribution in [3.63, 3.8) is 0 Å². The van der Waals surface area contributed by atoms with Crippen LogP contribution in [-0.2, 0) is 4.74 Å². The minimum absolute atomic E-state index is 0.357. The van der Waals surface area contributed by atoms with Gasteiger partial charge < -0.3 is 4.74 Å². The zero-order chi connectivity index (χ0) is 15.5. The molecule has 2 aromatic rings. The van der Waals surface area contributed by atoms with Crippen LogP contribution in [0.25, 0.3) is 11.1 Å². The van der Waals surface area contributed by atoms with Crippen molar-refractivity contribution >= 4 is 11.7 Å². The molecule has 0 aliphatic heterocycles. The molecule has 4 heteroatoms. The Morgan fingerprint density at radius 3 is 2.24 bits per heavy atom. The summed E-state index contributed by atoms with van der Waals surface area (Å²) in [6, 6.07) is 14.1. The maximum atomic E-state index is 12.1. The van der Waals surface area contributed by atoms with E-state index in [-0.39, 0.29) is 5.97 Å². The molecule has 0 N–H and O–H groups in total. The highest BCUT2D eigenvalue weighted by molar-refractivity contribution is 5.91. The van der Waals surface area contributed by atoms with Gasteiger partial charge in [-0.3, -0.25) is 0 Å². The van der Waals surface area contributed by atoms with E-state index in [2.05, 4.69) is 5.18 Å². The second-order valence-electron chi connectivity index (χ2n) is 5.72. The van der Waals surface area contributed by atoms with Crippen LogP contribution in [0, 0.1) is 4.91 Å². The standard InChI is InChI=1S/C17H17NO3/c1-17(2,3)21-16(19)14-8-4-6-12(10-14)13-7-5-9-15(11-13)18-20/h4-11H,1-3H3. The lowest BCUT2D eigenvalue weighted by Gasteiger charge is -2.19. The van der Waals surface area contributed by atoms with Gasteiger partial charge >= 0.3 is 5.97 Å². The first-order valence-corrected chi connectivity index (χ1v) is 6.66. The van der Waals surface area contributed by atoms with Gasteiger partial charge in [0.25, 0.3) is 0 Å². The lowest BCUT2D eigenvalue weighted by atomic mass is 10.0. The Bertz CT molecular complexity index is 672. The van der Waals surface area contributed by atoms with E-state index in [9.17, 15) is 9.70 Å². The van der Waals surface area contributed by atoms with Gasteiger partial charge in [-0.1, -0.05) is 24.3 Å². The quantitative estimate of drug-likeness (QED) is 0.605. The van der Waals surface area contributed by atoms with E-state index in [1.165, 1.54) is 0 Å². The van der Waals surface area contributed by atoms with Crippen LogP contribution < -0.4 is 0 Å². The first-order valence-electron chi connectivity index (χ1n) is 6.66. The summed E-state index contributed by atoms with van der Waals surface area (Å²) in [4.78, 5) is 22.7. The van der Waals surface area contributed by atoms with E-state index in [0.717, 1.165) is 11.1 Å². The third-order valence-corrected chi connectivity index (χ3v) is 2.78. The van der Waals surface area contributed by atoms with Gasteiger partial charge in [0.05, 0.1) is 5.56 Å². The van der Waals surface area contributed by atoms with Crippen molar-refractivity contribution in [2.75, 3.05) is 0 Å². The number of hydrogen-bond acceptors (Lipinski definition) is 4. The van der Waals surface area contributed by atoms with Gasteiger partial charge in [-0.15, -0.1) is 4.91 Å². The molecular weight excluding hydrogens is 266 g/mol. The molecule has 108 valence electrons. The molecule has 21 heavy (non-hydrogen) atoms. The average Bonchev–Trinajstić information content (AvgIpc) is 2.46. The number of nitroso groups, excluding NO2 is 1. The SMILES string of the molecule is CC(C)(C)OC(=O)c1cccc(-c2cccc(N=O)c2)c1. The molecular formula is C17H17NO3. The molecule has 0 spiro atoms. The van der Waals surface area contributed by atoms with Gasteiger partial charge in [0.2, 0.25) is 0 Å². The molecule has 0 saturated heterocycles. The summed E-state index contributed by atoms with van der Waals surface area (Å²) in [5.41, 5.74) is 1.97. The predicted molar refractivity (Wildman–Crippen MR) is 82.5 cm³/mol. The monoisotopic (exact) mass is 283 g/mol. The molecule has 0 heterocycles. The Morgan fingerprint density at radius 2 is 1.62 bits per heavy atom. The van der Waals surface area contributed by atoms with Crippen LogP contribution >= 0.6 is 0 Å². The first kappa shape index (κ1) is 14.9. The molecule has 2 aromatic carbocycles. The minimum atomic E-state index is -0.533. The van der Waals surface area contributed by atoms with Crippen LogP contribution in [0.3, 0.4) is 0 Å². The number of esters is 1. The molecule has 0 bridgehead atoms. The van der Waals surface area contributed by atoms with E-state index < -0.39 is 5.60 Å². The number of rotatable bonds is 3. The fraction of sp³-hybridized carbons (Fsp3) is 0.235. The van der Waals surface area contributed by atoms with Gasteiger partial charge in [-0.05, 0) is 61.3 Å². The Morgan fingerprint density at radius 1 is 1.00 bits per heavy atom. The van der Waals surface area contributed by atoms with E-state index in [0.29, 0.717) is 11.3 Å². The molecule has 0 atom stereocenters. The van der Waals surface area contributed by atoms with Crippen molar-refractivity contribution in [3.8, 4) is 11.1 Å². The maximum absolute atomic E-state index is 12.1. The molecule has 0 saturated carbocycles. The van der Waals surface area contributed by atoms with Crippen LogP contribution in [0.15, 0.2) is 53.7 Å². The minimum Gasteiger partial charge on any atom is -0.456 e. The van der Waals surface area contributed by atoms with Gasteiger partial charge in [-0.25, -0.2) is 4.79 Å². The van der Waals surface area contributed by atoms with Gasteiger partial charge in [0, 0.05) is 0 Å². The second kappa shape index (κ2) is 5.87. The summed E-state index contributed by atoms with van der Waals surface area (Å²) in [7, 11) is 0.